The molecule has 2 aliphatic carbocycles. The summed E-state index contributed by atoms with van der Waals surface area (Å²) in [7, 11) is 1.63. The van der Waals surface area contributed by atoms with Gasteiger partial charge in [-0.1, -0.05) is 34.1 Å². The molecule has 138 valence electrons. The molecule has 0 bridgehead atoms. The Kier molecular flexibility index (Phi) is 3.62. The molecule has 4 unspecified atom stereocenters. The number of methoxy groups -OCH3 is 1. The molecule has 1 heterocycles. The quantitative estimate of drug-likeness (QED) is 0.752. The van der Waals surface area contributed by atoms with Gasteiger partial charge in [-0.15, -0.1) is 0 Å². The van der Waals surface area contributed by atoms with Crippen LogP contribution < -0.4 is 9.47 Å². The number of fused-ring (bicyclic) bond motifs is 5. The summed E-state index contributed by atoms with van der Waals surface area (Å²) in [5.74, 6) is 2.99. The molecule has 3 heteroatoms. The number of benzene rings is 1. The number of ether oxygens (including phenoxy) is 2. The van der Waals surface area contributed by atoms with Crippen LogP contribution in [0.3, 0.4) is 0 Å². The number of aromatic hydroxyl groups is 1. The van der Waals surface area contributed by atoms with Gasteiger partial charge in [0.2, 0.25) is 0 Å². The van der Waals surface area contributed by atoms with E-state index in [-0.39, 0.29) is 10.8 Å². The molecular weight excluding hydrogens is 312 g/mol. The van der Waals surface area contributed by atoms with Gasteiger partial charge in [0.25, 0.3) is 0 Å². The maximum atomic E-state index is 10.8. The van der Waals surface area contributed by atoms with Crippen LogP contribution in [-0.4, -0.2) is 18.8 Å². The minimum absolute atomic E-state index is 0.0252. The van der Waals surface area contributed by atoms with Gasteiger partial charge < -0.3 is 14.6 Å². The Hall–Kier alpha value is -1.38. The standard InChI is InChI=1S/C22H32O3/c1-20(2)8-6-9-21(3)17(20)7-10-22(4)18(21)13-25-16-12-14(24-5)11-15(23)19(16)22/h11-12,17-18,23H,6-10,13H2,1-5H3. The lowest BCUT2D eigenvalue weighted by atomic mass is 9.42. The largest absolute Gasteiger partial charge is 0.507 e. The fraction of sp³-hybridized carbons (Fsp3) is 0.727. The average molecular weight is 344 g/mol. The zero-order valence-electron chi connectivity index (χ0n) is 16.3. The minimum Gasteiger partial charge on any atom is -0.507 e. The minimum atomic E-state index is -0.0252. The van der Waals surface area contributed by atoms with Crippen molar-refractivity contribution < 1.29 is 14.6 Å². The van der Waals surface area contributed by atoms with Crippen LogP contribution in [0.2, 0.25) is 0 Å². The summed E-state index contributed by atoms with van der Waals surface area (Å²) < 4.78 is 11.5. The molecule has 0 amide bonds. The number of phenols is 1. The molecule has 4 atom stereocenters. The maximum absolute atomic E-state index is 10.8. The van der Waals surface area contributed by atoms with E-state index in [4.69, 9.17) is 9.47 Å². The zero-order valence-corrected chi connectivity index (χ0v) is 16.3. The summed E-state index contributed by atoms with van der Waals surface area (Å²) in [6.45, 7) is 10.5. The first kappa shape index (κ1) is 17.1. The molecule has 0 radical (unpaired) electrons. The van der Waals surface area contributed by atoms with Crippen LogP contribution in [0.5, 0.6) is 17.2 Å². The van der Waals surface area contributed by atoms with E-state index in [9.17, 15) is 5.11 Å². The van der Waals surface area contributed by atoms with E-state index in [0.29, 0.717) is 22.8 Å². The summed E-state index contributed by atoms with van der Waals surface area (Å²) in [5, 5.41) is 10.8. The molecule has 3 nitrogen and oxygen atoms in total. The van der Waals surface area contributed by atoms with Crippen molar-refractivity contribution in [1.82, 2.24) is 0 Å². The molecule has 25 heavy (non-hydrogen) atoms. The number of phenolic OH excluding ortho intramolecular Hbond substituents is 1. The van der Waals surface area contributed by atoms with Crippen LogP contribution in [0.25, 0.3) is 0 Å². The Balaban J connectivity index is 1.82. The first-order valence-corrected chi connectivity index (χ1v) is 9.77. The molecule has 1 N–H and O–H groups in total. The molecule has 1 aromatic rings. The van der Waals surface area contributed by atoms with Crippen LogP contribution in [0.1, 0.15) is 65.4 Å². The number of hydrogen-bond donors (Lipinski definition) is 1. The summed E-state index contributed by atoms with van der Waals surface area (Å²) in [5.41, 5.74) is 1.66. The molecule has 2 fully saturated rings. The number of rotatable bonds is 1. The average Bonchev–Trinajstić information content (AvgIpc) is 2.52. The molecule has 4 rings (SSSR count). The van der Waals surface area contributed by atoms with Crippen LogP contribution in [0.15, 0.2) is 12.1 Å². The third-order valence-electron chi connectivity index (χ3n) is 8.06. The third kappa shape index (κ3) is 2.23. The molecule has 1 aliphatic heterocycles. The SMILES string of the molecule is COc1cc(O)c2c(c1)OCC1C2(C)CCC2C(C)(C)CCCC21C. The number of hydrogen-bond acceptors (Lipinski definition) is 3. The van der Waals surface area contributed by atoms with Gasteiger partial charge in [-0.3, -0.25) is 0 Å². The Labute approximate surface area is 151 Å². The van der Waals surface area contributed by atoms with Crippen molar-refractivity contribution >= 4 is 0 Å². The van der Waals surface area contributed by atoms with Crippen molar-refractivity contribution in [2.75, 3.05) is 13.7 Å². The highest BCUT2D eigenvalue weighted by Gasteiger charge is 2.61. The predicted octanol–water partition coefficient (Wildman–Crippen LogP) is 5.29. The van der Waals surface area contributed by atoms with E-state index < -0.39 is 0 Å². The molecule has 0 saturated heterocycles. The van der Waals surface area contributed by atoms with Crippen LogP contribution >= 0.6 is 0 Å². The molecule has 3 aliphatic rings. The fourth-order valence-corrected chi connectivity index (χ4v) is 6.88. The van der Waals surface area contributed by atoms with Gasteiger partial charge in [0, 0.05) is 29.0 Å². The van der Waals surface area contributed by atoms with Gasteiger partial charge in [0.15, 0.2) is 0 Å². The van der Waals surface area contributed by atoms with E-state index in [1.165, 1.54) is 25.7 Å². The van der Waals surface area contributed by atoms with Crippen LogP contribution in [0, 0.1) is 22.7 Å². The second-order valence-electron chi connectivity index (χ2n) is 9.74. The van der Waals surface area contributed by atoms with Gasteiger partial charge in [0.1, 0.15) is 17.2 Å². The van der Waals surface area contributed by atoms with Gasteiger partial charge in [-0.05, 0) is 42.4 Å². The molecule has 0 spiro atoms. The molecule has 0 aromatic heterocycles. The van der Waals surface area contributed by atoms with E-state index in [0.717, 1.165) is 30.3 Å². The lowest BCUT2D eigenvalue weighted by molar-refractivity contribution is -0.124. The van der Waals surface area contributed by atoms with Crippen molar-refractivity contribution in [1.29, 1.82) is 0 Å². The Morgan fingerprint density at radius 2 is 1.84 bits per heavy atom. The highest BCUT2D eigenvalue weighted by Crippen LogP contribution is 2.67. The molecule has 1 aromatic carbocycles. The summed E-state index contributed by atoms with van der Waals surface area (Å²) in [4.78, 5) is 0. The first-order valence-electron chi connectivity index (χ1n) is 9.77. The monoisotopic (exact) mass is 344 g/mol. The molecular formula is C22H32O3. The van der Waals surface area contributed by atoms with Crippen molar-refractivity contribution in [2.45, 2.75) is 65.2 Å². The second kappa shape index (κ2) is 5.31. The topological polar surface area (TPSA) is 38.7 Å². The highest BCUT2D eigenvalue weighted by atomic mass is 16.5. The van der Waals surface area contributed by atoms with E-state index in [1.54, 1.807) is 13.2 Å². The fourth-order valence-electron chi connectivity index (χ4n) is 6.88. The Morgan fingerprint density at radius 1 is 1.08 bits per heavy atom. The summed E-state index contributed by atoms with van der Waals surface area (Å²) in [6, 6.07) is 3.69. The normalized spacial score (nSPS) is 38.8. The van der Waals surface area contributed by atoms with Crippen molar-refractivity contribution in [3.63, 3.8) is 0 Å². The van der Waals surface area contributed by atoms with Crippen molar-refractivity contribution in [2.24, 2.45) is 22.7 Å². The smallest absolute Gasteiger partial charge is 0.130 e. The van der Waals surface area contributed by atoms with Crippen molar-refractivity contribution in [3.8, 4) is 17.2 Å². The van der Waals surface area contributed by atoms with Crippen LogP contribution in [-0.2, 0) is 5.41 Å². The highest BCUT2D eigenvalue weighted by molar-refractivity contribution is 5.55. The Morgan fingerprint density at radius 3 is 2.56 bits per heavy atom. The van der Waals surface area contributed by atoms with Gasteiger partial charge in [0.05, 0.1) is 13.7 Å². The van der Waals surface area contributed by atoms with Crippen molar-refractivity contribution in [3.05, 3.63) is 17.7 Å². The predicted molar refractivity (Wildman–Crippen MR) is 99.5 cm³/mol. The van der Waals surface area contributed by atoms with Crippen LogP contribution in [0.4, 0.5) is 0 Å². The van der Waals surface area contributed by atoms with E-state index in [2.05, 4.69) is 27.7 Å². The lowest BCUT2D eigenvalue weighted by Gasteiger charge is -2.63. The molecule has 2 saturated carbocycles. The third-order valence-corrected chi connectivity index (χ3v) is 8.06. The summed E-state index contributed by atoms with van der Waals surface area (Å²) in [6.07, 6.45) is 6.26. The van der Waals surface area contributed by atoms with E-state index >= 15 is 0 Å². The second-order valence-corrected chi connectivity index (χ2v) is 9.74. The zero-order chi connectivity index (χ0) is 18.0. The van der Waals surface area contributed by atoms with Gasteiger partial charge in [-0.2, -0.15) is 0 Å². The van der Waals surface area contributed by atoms with Gasteiger partial charge >= 0.3 is 0 Å². The maximum Gasteiger partial charge on any atom is 0.130 e. The van der Waals surface area contributed by atoms with E-state index in [1.807, 2.05) is 6.07 Å². The first-order chi connectivity index (χ1) is 11.7. The lowest BCUT2D eigenvalue weighted by Crippen LogP contribution is -2.59. The summed E-state index contributed by atoms with van der Waals surface area (Å²) >= 11 is 0. The Bertz CT molecular complexity index is 695. The van der Waals surface area contributed by atoms with Gasteiger partial charge in [-0.25, -0.2) is 0 Å².